The Morgan fingerprint density at radius 2 is 2.16 bits per heavy atom. The second-order valence-electron chi connectivity index (χ2n) is 4.25. The summed E-state index contributed by atoms with van der Waals surface area (Å²) in [5.74, 6) is -0.0521. The van der Waals surface area contributed by atoms with Crippen molar-refractivity contribution in [2.24, 2.45) is 5.73 Å². The minimum atomic E-state index is -0.0521. The molecule has 0 aliphatic heterocycles. The monoisotopic (exact) mass is 276 g/mol. The molecule has 2 aromatic rings. The summed E-state index contributed by atoms with van der Waals surface area (Å²) in [7, 11) is 0. The highest BCUT2D eigenvalue weighted by Crippen LogP contribution is 2.22. The van der Waals surface area contributed by atoms with Crippen molar-refractivity contribution in [3.8, 4) is 0 Å². The van der Waals surface area contributed by atoms with E-state index in [4.69, 9.17) is 22.4 Å². The molecule has 4 nitrogen and oxygen atoms in total. The smallest absolute Gasteiger partial charge is 0.257 e. The van der Waals surface area contributed by atoms with Gasteiger partial charge in [-0.05, 0) is 13.0 Å². The normalized spacial score (nSPS) is 10.6. The largest absolute Gasteiger partial charge is 0.463 e. The summed E-state index contributed by atoms with van der Waals surface area (Å²) in [6.45, 7) is 3.07. The molecule has 2 N–H and O–H groups in total. The lowest BCUT2D eigenvalue weighted by Gasteiger charge is -2.19. The fraction of sp³-hybridized carbons (Fsp3) is 0.286. The number of thiocarbonyl (C=S) groups is 1. The fourth-order valence-electron chi connectivity index (χ4n) is 1.96. The number of nitrogens with two attached hydrogens (primary N) is 1. The molecule has 100 valence electrons. The highest BCUT2D eigenvalue weighted by Gasteiger charge is 2.18. The highest BCUT2D eigenvalue weighted by atomic mass is 32.1. The van der Waals surface area contributed by atoms with Crippen LogP contribution in [0.5, 0.6) is 0 Å². The van der Waals surface area contributed by atoms with E-state index < -0.39 is 0 Å². The maximum absolute atomic E-state index is 12.4. The lowest BCUT2D eigenvalue weighted by atomic mass is 10.1. The maximum Gasteiger partial charge on any atom is 0.257 e. The second-order valence-corrected chi connectivity index (χ2v) is 4.77. The number of carbonyl (C=O) groups excluding carboxylic acids is 1. The van der Waals surface area contributed by atoms with Crippen molar-refractivity contribution >= 4 is 34.1 Å². The van der Waals surface area contributed by atoms with E-state index in [2.05, 4.69) is 0 Å². The number of nitrogens with zero attached hydrogens (tertiary/aromatic N) is 1. The van der Waals surface area contributed by atoms with E-state index in [1.54, 1.807) is 4.90 Å². The number of fused-ring (bicyclic) bond motifs is 1. The molecule has 0 spiro atoms. The SMILES string of the molecule is CCN(CCC(N)=S)C(=O)c1coc2ccccc12. The summed E-state index contributed by atoms with van der Waals surface area (Å²) in [5, 5.41) is 0.835. The molecule has 0 radical (unpaired) electrons. The van der Waals surface area contributed by atoms with E-state index in [9.17, 15) is 4.79 Å². The Hall–Kier alpha value is -1.88. The average molecular weight is 276 g/mol. The first kappa shape index (κ1) is 13.5. The summed E-state index contributed by atoms with van der Waals surface area (Å²) >= 11 is 4.85. The van der Waals surface area contributed by atoms with Crippen LogP contribution in [0.4, 0.5) is 0 Å². The summed E-state index contributed by atoms with van der Waals surface area (Å²) in [5.41, 5.74) is 6.78. The zero-order valence-electron chi connectivity index (χ0n) is 10.8. The third kappa shape index (κ3) is 2.93. The first-order valence-electron chi connectivity index (χ1n) is 6.17. The number of hydrogen-bond acceptors (Lipinski definition) is 3. The maximum atomic E-state index is 12.4. The summed E-state index contributed by atoms with van der Waals surface area (Å²) in [6, 6.07) is 7.50. The lowest BCUT2D eigenvalue weighted by Crippen LogP contribution is -2.33. The third-order valence-corrected chi connectivity index (χ3v) is 3.21. The first-order valence-corrected chi connectivity index (χ1v) is 6.58. The molecule has 0 aliphatic carbocycles. The van der Waals surface area contributed by atoms with Gasteiger partial charge >= 0.3 is 0 Å². The molecule has 1 aromatic heterocycles. The Labute approximate surface area is 117 Å². The van der Waals surface area contributed by atoms with Crippen LogP contribution in [0.3, 0.4) is 0 Å². The molecule has 0 aliphatic rings. The predicted molar refractivity (Wildman–Crippen MR) is 79.2 cm³/mol. The van der Waals surface area contributed by atoms with Crippen molar-refractivity contribution in [3.05, 3.63) is 36.1 Å². The predicted octanol–water partition coefficient (Wildman–Crippen LogP) is 2.57. The zero-order chi connectivity index (χ0) is 13.8. The van der Waals surface area contributed by atoms with Crippen molar-refractivity contribution in [1.82, 2.24) is 4.90 Å². The Bertz CT molecular complexity index is 606. The van der Waals surface area contributed by atoms with Gasteiger partial charge in [0.25, 0.3) is 5.91 Å². The van der Waals surface area contributed by atoms with Gasteiger partial charge in [0.15, 0.2) is 0 Å². The molecule has 0 fully saturated rings. The van der Waals surface area contributed by atoms with E-state index >= 15 is 0 Å². The van der Waals surface area contributed by atoms with Gasteiger partial charge in [-0.3, -0.25) is 4.79 Å². The van der Waals surface area contributed by atoms with Crippen molar-refractivity contribution in [1.29, 1.82) is 0 Å². The number of para-hydroxylation sites is 1. The fourth-order valence-corrected chi connectivity index (χ4v) is 2.05. The van der Waals surface area contributed by atoms with Crippen LogP contribution in [0, 0.1) is 0 Å². The highest BCUT2D eigenvalue weighted by molar-refractivity contribution is 7.80. The number of rotatable bonds is 5. The van der Waals surface area contributed by atoms with Crippen LogP contribution >= 0.6 is 12.2 Å². The topological polar surface area (TPSA) is 59.5 Å². The van der Waals surface area contributed by atoms with Crippen LogP contribution in [0.1, 0.15) is 23.7 Å². The third-order valence-electron chi connectivity index (χ3n) is 3.01. The summed E-state index contributed by atoms with van der Waals surface area (Å²) < 4.78 is 5.39. The lowest BCUT2D eigenvalue weighted by molar-refractivity contribution is 0.0770. The summed E-state index contributed by atoms with van der Waals surface area (Å²) in [6.07, 6.45) is 2.04. The first-order chi connectivity index (χ1) is 9.13. The second kappa shape index (κ2) is 5.84. The van der Waals surface area contributed by atoms with Crippen LogP contribution in [0.15, 0.2) is 34.9 Å². The minimum absolute atomic E-state index is 0.0521. The van der Waals surface area contributed by atoms with Crippen molar-refractivity contribution in [2.75, 3.05) is 13.1 Å². The molecule has 0 saturated heterocycles. The van der Waals surface area contributed by atoms with E-state index in [0.717, 1.165) is 11.0 Å². The van der Waals surface area contributed by atoms with Gasteiger partial charge in [-0.1, -0.05) is 30.4 Å². The van der Waals surface area contributed by atoms with E-state index in [1.165, 1.54) is 6.26 Å². The van der Waals surface area contributed by atoms with Gasteiger partial charge in [0.2, 0.25) is 0 Å². The molecule has 1 aromatic carbocycles. The van der Waals surface area contributed by atoms with Crippen LogP contribution in [-0.4, -0.2) is 28.9 Å². The molecule has 0 bridgehead atoms. The van der Waals surface area contributed by atoms with Gasteiger partial charge in [0.1, 0.15) is 11.8 Å². The number of furan rings is 1. The molecule has 0 atom stereocenters. The van der Waals surface area contributed by atoms with E-state index in [1.807, 2.05) is 31.2 Å². The Kier molecular flexibility index (Phi) is 4.16. The molecule has 5 heteroatoms. The van der Waals surface area contributed by atoms with Gasteiger partial charge < -0.3 is 15.1 Å². The minimum Gasteiger partial charge on any atom is -0.463 e. The molecule has 19 heavy (non-hydrogen) atoms. The molecule has 1 amide bonds. The van der Waals surface area contributed by atoms with Crippen LogP contribution in [0.25, 0.3) is 11.0 Å². The Morgan fingerprint density at radius 1 is 1.42 bits per heavy atom. The standard InChI is InChI=1S/C14H16N2O2S/c1-2-16(8-7-13(15)19)14(17)11-9-18-12-6-4-3-5-10(11)12/h3-6,9H,2,7-8H2,1H3,(H2,15,19). The summed E-state index contributed by atoms with van der Waals surface area (Å²) in [4.78, 5) is 14.6. The van der Waals surface area contributed by atoms with E-state index in [0.29, 0.717) is 30.1 Å². The molecule has 0 unspecified atom stereocenters. The van der Waals surface area contributed by atoms with Gasteiger partial charge in [-0.25, -0.2) is 0 Å². The molecular formula is C14H16N2O2S. The van der Waals surface area contributed by atoms with Crippen molar-refractivity contribution < 1.29 is 9.21 Å². The number of amides is 1. The Balaban J connectivity index is 2.24. The van der Waals surface area contributed by atoms with Gasteiger partial charge in [-0.15, -0.1) is 0 Å². The number of carbonyl (C=O) groups is 1. The zero-order valence-corrected chi connectivity index (χ0v) is 11.6. The molecule has 0 saturated carbocycles. The molecule has 2 rings (SSSR count). The average Bonchev–Trinajstić information content (AvgIpc) is 2.82. The number of hydrogen-bond donors (Lipinski definition) is 1. The van der Waals surface area contributed by atoms with Crippen molar-refractivity contribution in [2.45, 2.75) is 13.3 Å². The number of benzene rings is 1. The van der Waals surface area contributed by atoms with E-state index in [-0.39, 0.29) is 5.91 Å². The van der Waals surface area contributed by atoms with Gasteiger partial charge in [0.05, 0.1) is 10.6 Å². The van der Waals surface area contributed by atoms with Crippen LogP contribution < -0.4 is 5.73 Å². The van der Waals surface area contributed by atoms with Crippen molar-refractivity contribution in [3.63, 3.8) is 0 Å². The quantitative estimate of drug-likeness (QED) is 0.853. The molecular weight excluding hydrogens is 260 g/mol. The van der Waals surface area contributed by atoms with Gasteiger partial charge in [-0.2, -0.15) is 0 Å². The van der Waals surface area contributed by atoms with Gasteiger partial charge in [0, 0.05) is 24.9 Å². The molecule has 1 heterocycles. The van der Waals surface area contributed by atoms with Crippen LogP contribution in [-0.2, 0) is 0 Å². The Morgan fingerprint density at radius 3 is 2.84 bits per heavy atom. The van der Waals surface area contributed by atoms with Crippen LogP contribution in [0.2, 0.25) is 0 Å².